The van der Waals surface area contributed by atoms with Gasteiger partial charge in [0, 0.05) is 27.4 Å². The van der Waals surface area contributed by atoms with Gasteiger partial charge in [0.05, 0.1) is 0 Å². The van der Waals surface area contributed by atoms with Gasteiger partial charge in [-0.15, -0.1) is 0 Å². The highest BCUT2D eigenvalue weighted by molar-refractivity contribution is 9.10. The van der Waals surface area contributed by atoms with E-state index in [9.17, 15) is 5.11 Å². The van der Waals surface area contributed by atoms with Crippen LogP contribution in [0.1, 0.15) is 22.3 Å². The van der Waals surface area contributed by atoms with Crippen molar-refractivity contribution in [3.05, 3.63) is 93.7 Å². The molecule has 3 aromatic rings. The van der Waals surface area contributed by atoms with Crippen molar-refractivity contribution >= 4 is 50.3 Å². The molecule has 0 amide bonds. The summed E-state index contributed by atoms with van der Waals surface area (Å²) in [5.74, 6) is 0.101. The van der Waals surface area contributed by atoms with Gasteiger partial charge in [-0.25, -0.2) is 0 Å². The van der Waals surface area contributed by atoms with Gasteiger partial charge in [-0.1, -0.05) is 46.3 Å². The van der Waals surface area contributed by atoms with Crippen molar-refractivity contribution in [2.24, 2.45) is 0 Å². The van der Waals surface area contributed by atoms with E-state index in [-0.39, 0.29) is 5.76 Å². The number of aliphatic hydroxyl groups excluding tert-OH is 1. The third-order valence-corrected chi connectivity index (χ3v) is 5.53. The second-order valence-electron chi connectivity index (χ2n) is 6.72. The molecule has 0 radical (unpaired) electrons. The number of nitrogens with one attached hydrogen (secondary N) is 1. The summed E-state index contributed by atoms with van der Waals surface area (Å²) in [5, 5.41) is 14.4. The normalized spacial score (nSPS) is 11.7. The first-order valence-corrected chi connectivity index (χ1v) is 10.1. The van der Waals surface area contributed by atoms with Gasteiger partial charge in [-0.2, -0.15) is 4.57 Å². The number of hydrogen-bond acceptors (Lipinski definition) is 2. The first-order chi connectivity index (χ1) is 13.4. The minimum absolute atomic E-state index is 0.101. The van der Waals surface area contributed by atoms with Crippen molar-refractivity contribution in [2.75, 3.05) is 5.32 Å². The highest BCUT2D eigenvalue weighted by atomic mass is 79.9. The summed E-state index contributed by atoms with van der Waals surface area (Å²) in [6.45, 7) is 6.14. The molecule has 5 heteroatoms. The topological polar surface area (TPSA) is 36.1 Å². The number of rotatable bonds is 4. The number of aromatic nitrogens is 1. The molecule has 2 N–H and O–H groups in total. The lowest BCUT2D eigenvalue weighted by molar-refractivity contribution is -0.576. The summed E-state index contributed by atoms with van der Waals surface area (Å²) >= 11 is 9.23. The maximum absolute atomic E-state index is 11.2. The lowest BCUT2D eigenvalue weighted by atomic mass is 10.1. The Bertz CT molecular complexity index is 1080. The number of nitrogens with zero attached hydrogens (tertiary/aromatic N) is 1. The molecular formula is C23H22BrN2OS+. The Balaban J connectivity index is 2.10. The molecule has 0 aliphatic heterocycles. The molecule has 1 heterocycles. The predicted octanol–water partition coefficient (Wildman–Crippen LogP) is 5.99. The summed E-state index contributed by atoms with van der Waals surface area (Å²) in [6, 6.07) is 17.6. The molecule has 142 valence electrons. The smallest absolute Gasteiger partial charge is 0.288 e. The number of aliphatic hydroxyl groups is 1. The Kier molecular flexibility index (Phi) is 6.27. The van der Waals surface area contributed by atoms with E-state index < -0.39 is 0 Å². The van der Waals surface area contributed by atoms with Crippen molar-refractivity contribution in [3.8, 4) is 0 Å². The van der Waals surface area contributed by atoms with Crippen molar-refractivity contribution in [2.45, 2.75) is 20.8 Å². The van der Waals surface area contributed by atoms with Gasteiger partial charge < -0.3 is 10.4 Å². The SMILES string of the molecule is Cc1ccc[n+](/C(C(=S)Nc2ccc(C)c(C)c2)=C(/O)c2ccccc2Br)c1. The molecule has 0 aliphatic carbocycles. The molecule has 3 nitrogen and oxygen atoms in total. The minimum atomic E-state index is 0.101. The van der Waals surface area contributed by atoms with Crippen LogP contribution in [0.2, 0.25) is 0 Å². The standard InChI is InChI=1S/C23H21BrN2OS/c1-15-7-6-12-26(14-15)21(22(27)19-8-4-5-9-20(19)24)23(28)25-18-11-10-16(2)17(3)13-18/h4-14H,1-3H3,(H-,25,27,28)/p+1. The Morgan fingerprint density at radius 1 is 1.00 bits per heavy atom. The van der Waals surface area contributed by atoms with Crippen molar-refractivity contribution in [1.29, 1.82) is 0 Å². The lowest BCUT2D eigenvalue weighted by Gasteiger charge is -2.12. The third-order valence-electron chi connectivity index (χ3n) is 4.54. The third kappa shape index (κ3) is 4.49. The molecule has 28 heavy (non-hydrogen) atoms. The fourth-order valence-corrected chi connectivity index (χ4v) is 3.66. The highest BCUT2D eigenvalue weighted by Gasteiger charge is 2.25. The van der Waals surface area contributed by atoms with E-state index in [0.29, 0.717) is 16.2 Å². The lowest BCUT2D eigenvalue weighted by Crippen LogP contribution is -2.38. The highest BCUT2D eigenvalue weighted by Crippen LogP contribution is 2.26. The van der Waals surface area contributed by atoms with Crippen LogP contribution in [0.5, 0.6) is 0 Å². The average Bonchev–Trinajstić information content (AvgIpc) is 2.65. The van der Waals surface area contributed by atoms with E-state index in [2.05, 4.69) is 47.2 Å². The molecule has 0 saturated carbocycles. The quantitative estimate of drug-likeness (QED) is 0.220. The molecule has 0 saturated heterocycles. The van der Waals surface area contributed by atoms with Crippen molar-refractivity contribution in [1.82, 2.24) is 0 Å². The first kappa shape index (κ1) is 20.2. The Hall–Kier alpha value is -2.50. The number of halogens is 1. The molecule has 2 aromatic carbocycles. The molecule has 0 fully saturated rings. The summed E-state index contributed by atoms with van der Waals surface area (Å²) in [4.78, 5) is 0.437. The largest absolute Gasteiger partial charge is 0.502 e. The van der Waals surface area contributed by atoms with E-state index in [1.165, 1.54) is 11.1 Å². The van der Waals surface area contributed by atoms with Crippen molar-refractivity contribution < 1.29 is 9.67 Å². The monoisotopic (exact) mass is 453 g/mol. The van der Waals surface area contributed by atoms with Gasteiger partial charge in [-0.3, -0.25) is 0 Å². The van der Waals surface area contributed by atoms with Crippen LogP contribution in [-0.4, -0.2) is 10.1 Å². The van der Waals surface area contributed by atoms with Crippen LogP contribution in [-0.2, 0) is 0 Å². The van der Waals surface area contributed by atoms with E-state index in [0.717, 1.165) is 15.7 Å². The Morgan fingerprint density at radius 3 is 2.43 bits per heavy atom. The molecule has 1 aromatic heterocycles. The zero-order valence-electron chi connectivity index (χ0n) is 16.0. The molecule has 0 unspecified atom stereocenters. The molecule has 0 aliphatic rings. The summed E-state index contributed by atoms with van der Waals surface area (Å²) in [6.07, 6.45) is 3.82. The minimum Gasteiger partial charge on any atom is -0.502 e. The van der Waals surface area contributed by atoms with Crippen molar-refractivity contribution in [3.63, 3.8) is 0 Å². The van der Waals surface area contributed by atoms with E-state index in [4.69, 9.17) is 12.2 Å². The Morgan fingerprint density at radius 2 is 1.75 bits per heavy atom. The van der Waals surface area contributed by atoms with Gasteiger partial charge in [0.25, 0.3) is 5.70 Å². The molecule has 0 atom stereocenters. The maximum atomic E-state index is 11.2. The van der Waals surface area contributed by atoms with Crippen LogP contribution in [0.25, 0.3) is 11.5 Å². The van der Waals surface area contributed by atoms with Crippen LogP contribution >= 0.6 is 28.1 Å². The number of pyridine rings is 1. The molecule has 0 bridgehead atoms. The number of thiocarbonyl (C=S) groups is 1. The number of anilines is 1. The van der Waals surface area contributed by atoms with Gasteiger partial charge in [0.1, 0.15) is 0 Å². The van der Waals surface area contributed by atoms with Crippen LogP contribution in [0.15, 0.2) is 71.5 Å². The van der Waals surface area contributed by atoms with Gasteiger partial charge >= 0.3 is 0 Å². The first-order valence-electron chi connectivity index (χ1n) is 8.92. The van der Waals surface area contributed by atoms with E-state index >= 15 is 0 Å². The number of hydrogen-bond donors (Lipinski definition) is 2. The van der Waals surface area contributed by atoms with Gasteiger partial charge in [0.15, 0.2) is 23.1 Å². The van der Waals surface area contributed by atoms with Gasteiger partial charge in [-0.05, 0) is 62.2 Å². The average molecular weight is 454 g/mol. The summed E-state index contributed by atoms with van der Waals surface area (Å²) < 4.78 is 2.65. The molecule has 0 spiro atoms. The fraction of sp³-hybridized carbons (Fsp3) is 0.130. The Labute approximate surface area is 179 Å². The zero-order chi connectivity index (χ0) is 20.3. The second kappa shape index (κ2) is 8.67. The summed E-state index contributed by atoms with van der Waals surface area (Å²) in [7, 11) is 0. The molecular weight excluding hydrogens is 432 g/mol. The van der Waals surface area contributed by atoms with Crippen LogP contribution < -0.4 is 9.88 Å². The van der Waals surface area contributed by atoms with Crippen LogP contribution in [0, 0.1) is 20.8 Å². The van der Waals surface area contributed by atoms with Gasteiger partial charge in [0.2, 0.25) is 0 Å². The van der Waals surface area contributed by atoms with E-state index in [1.807, 2.05) is 66.3 Å². The number of aryl methyl sites for hydroxylation is 3. The summed E-state index contributed by atoms with van der Waals surface area (Å²) in [5.41, 5.74) is 5.54. The second-order valence-corrected chi connectivity index (χ2v) is 7.98. The molecule has 3 rings (SSSR count). The maximum Gasteiger partial charge on any atom is 0.288 e. The van der Waals surface area contributed by atoms with E-state index in [1.54, 1.807) is 0 Å². The number of benzene rings is 2. The zero-order valence-corrected chi connectivity index (χ0v) is 18.4. The van der Waals surface area contributed by atoms with Crippen LogP contribution in [0.3, 0.4) is 0 Å². The fourth-order valence-electron chi connectivity index (χ4n) is 2.87. The predicted molar refractivity (Wildman–Crippen MR) is 123 cm³/mol. The van der Waals surface area contributed by atoms with Crippen LogP contribution in [0.4, 0.5) is 5.69 Å².